The molecule has 1 rings (SSSR count). The monoisotopic (exact) mass is 330 g/mol. The molecule has 0 heterocycles. The molecule has 0 N–H and O–H groups in total. The summed E-state index contributed by atoms with van der Waals surface area (Å²) < 4.78 is 39.4. The van der Waals surface area contributed by atoms with Gasteiger partial charge in [0.15, 0.2) is 0 Å². The molecule has 0 radical (unpaired) electrons. The predicted octanol–water partition coefficient (Wildman–Crippen LogP) is 2.78. The molecule has 0 aliphatic rings. The highest BCUT2D eigenvalue weighted by Gasteiger charge is 2.14. The molecule has 0 saturated heterocycles. The lowest BCUT2D eigenvalue weighted by atomic mass is 10.1. The van der Waals surface area contributed by atoms with E-state index < -0.39 is 10.1 Å². The van der Waals surface area contributed by atoms with Gasteiger partial charge < -0.3 is 9.47 Å². The normalized spacial score (nSPS) is 13.2. The SMILES string of the molecule is CCC(C)COCCOCCOS(=O)(=O)c1ccc(C)cc1. The lowest BCUT2D eigenvalue weighted by Crippen LogP contribution is -2.14. The second kappa shape index (κ2) is 9.94. The number of hydrogen-bond acceptors (Lipinski definition) is 5. The quantitative estimate of drug-likeness (QED) is 0.461. The van der Waals surface area contributed by atoms with Crippen molar-refractivity contribution in [3.8, 4) is 0 Å². The third-order valence-corrected chi connectivity index (χ3v) is 4.57. The Morgan fingerprint density at radius 3 is 2.23 bits per heavy atom. The van der Waals surface area contributed by atoms with Gasteiger partial charge in [0, 0.05) is 6.61 Å². The molecule has 0 spiro atoms. The maximum Gasteiger partial charge on any atom is 0.297 e. The van der Waals surface area contributed by atoms with E-state index in [1.54, 1.807) is 12.1 Å². The van der Waals surface area contributed by atoms with Gasteiger partial charge in [0.05, 0.1) is 31.3 Å². The first-order valence-electron chi connectivity index (χ1n) is 7.57. The molecular formula is C16H26O5S. The van der Waals surface area contributed by atoms with Crippen LogP contribution in [0.2, 0.25) is 0 Å². The Bertz CT molecular complexity index is 510. The first-order chi connectivity index (χ1) is 10.5. The Morgan fingerprint density at radius 1 is 1.00 bits per heavy atom. The van der Waals surface area contributed by atoms with Gasteiger partial charge in [-0.2, -0.15) is 8.42 Å². The standard InChI is InChI=1S/C16H26O5S/c1-4-14(2)13-20-10-9-19-11-12-21-22(17,18)16-7-5-15(3)6-8-16/h5-8,14H,4,9-13H2,1-3H3. The van der Waals surface area contributed by atoms with E-state index in [1.807, 2.05) is 6.92 Å². The molecular weight excluding hydrogens is 304 g/mol. The largest absolute Gasteiger partial charge is 0.379 e. The predicted molar refractivity (Wildman–Crippen MR) is 85.4 cm³/mol. The molecule has 0 aliphatic carbocycles. The van der Waals surface area contributed by atoms with Gasteiger partial charge in [-0.25, -0.2) is 0 Å². The van der Waals surface area contributed by atoms with Crippen LogP contribution in [-0.2, 0) is 23.8 Å². The summed E-state index contributed by atoms with van der Waals surface area (Å²) in [5, 5.41) is 0. The van der Waals surface area contributed by atoms with Crippen molar-refractivity contribution in [1.29, 1.82) is 0 Å². The van der Waals surface area contributed by atoms with Crippen LogP contribution >= 0.6 is 0 Å². The first kappa shape index (κ1) is 19.1. The number of ether oxygens (including phenoxy) is 2. The van der Waals surface area contributed by atoms with Gasteiger partial charge in [-0.15, -0.1) is 0 Å². The number of benzene rings is 1. The smallest absolute Gasteiger partial charge is 0.297 e. The Kier molecular flexibility index (Phi) is 8.63. The van der Waals surface area contributed by atoms with Crippen LogP contribution in [0.15, 0.2) is 29.2 Å². The third kappa shape index (κ3) is 7.35. The highest BCUT2D eigenvalue weighted by Crippen LogP contribution is 2.12. The lowest BCUT2D eigenvalue weighted by molar-refractivity contribution is 0.0267. The molecule has 0 fully saturated rings. The molecule has 0 amide bonds. The highest BCUT2D eigenvalue weighted by atomic mass is 32.2. The zero-order valence-corrected chi connectivity index (χ0v) is 14.4. The van der Waals surface area contributed by atoms with E-state index in [0.29, 0.717) is 19.1 Å². The van der Waals surface area contributed by atoms with Crippen molar-refractivity contribution in [1.82, 2.24) is 0 Å². The highest BCUT2D eigenvalue weighted by molar-refractivity contribution is 7.86. The van der Waals surface area contributed by atoms with Crippen molar-refractivity contribution in [3.63, 3.8) is 0 Å². The van der Waals surface area contributed by atoms with Crippen LogP contribution in [0.3, 0.4) is 0 Å². The summed E-state index contributed by atoms with van der Waals surface area (Å²) >= 11 is 0. The minimum atomic E-state index is -3.70. The van der Waals surface area contributed by atoms with Crippen LogP contribution in [0.4, 0.5) is 0 Å². The second-order valence-corrected chi connectivity index (χ2v) is 6.91. The van der Waals surface area contributed by atoms with E-state index in [1.165, 1.54) is 12.1 Å². The molecule has 0 bridgehead atoms. The minimum Gasteiger partial charge on any atom is -0.379 e. The fourth-order valence-corrected chi connectivity index (χ4v) is 2.49. The summed E-state index contributed by atoms with van der Waals surface area (Å²) in [5.41, 5.74) is 1.000. The molecule has 5 nitrogen and oxygen atoms in total. The van der Waals surface area contributed by atoms with Crippen LogP contribution < -0.4 is 0 Å². The summed E-state index contributed by atoms with van der Waals surface area (Å²) in [6, 6.07) is 6.55. The maximum atomic E-state index is 11.9. The maximum absolute atomic E-state index is 11.9. The third-order valence-electron chi connectivity index (χ3n) is 3.25. The topological polar surface area (TPSA) is 61.8 Å². The minimum absolute atomic E-state index is 0.00156. The van der Waals surface area contributed by atoms with E-state index in [9.17, 15) is 8.42 Å². The van der Waals surface area contributed by atoms with Crippen molar-refractivity contribution >= 4 is 10.1 Å². The Balaban J connectivity index is 2.15. The molecule has 6 heteroatoms. The molecule has 0 aromatic heterocycles. The summed E-state index contributed by atoms with van der Waals surface area (Å²) in [6.07, 6.45) is 1.09. The van der Waals surface area contributed by atoms with Gasteiger partial charge >= 0.3 is 0 Å². The van der Waals surface area contributed by atoms with Crippen molar-refractivity contribution in [2.75, 3.05) is 33.0 Å². The van der Waals surface area contributed by atoms with Crippen LogP contribution in [0.1, 0.15) is 25.8 Å². The molecule has 1 atom stereocenters. The van der Waals surface area contributed by atoms with Crippen molar-refractivity contribution in [3.05, 3.63) is 29.8 Å². The van der Waals surface area contributed by atoms with Crippen LogP contribution in [0.25, 0.3) is 0 Å². The number of aryl methyl sites for hydroxylation is 1. The summed E-state index contributed by atoms with van der Waals surface area (Å²) in [7, 11) is -3.70. The second-order valence-electron chi connectivity index (χ2n) is 5.29. The fourth-order valence-electron chi connectivity index (χ4n) is 1.60. The molecule has 0 saturated carbocycles. The first-order valence-corrected chi connectivity index (χ1v) is 8.98. The molecule has 1 aromatic carbocycles. The molecule has 0 aliphatic heterocycles. The average Bonchev–Trinajstić information content (AvgIpc) is 2.50. The van der Waals surface area contributed by atoms with E-state index in [-0.39, 0.29) is 18.1 Å². The van der Waals surface area contributed by atoms with E-state index >= 15 is 0 Å². The zero-order chi connectivity index (χ0) is 16.4. The van der Waals surface area contributed by atoms with E-state index in [2.05, 4.69) is 13.8 Å². The molecule has 126 valence electrons. The zero-order valence-electron chi connectivity index (χ0n) is 13.6. The van der Waals surface area contributed by atoms with Gasteiger partial charge in [0.2, 0.25) is 0 Å². The molecule has 1 aromatic rings. The van der Waals surface area contributed by atoms with Gasteiger partial charge in [-0.1, -0.05) is 38.0 Å². The van der Waals surface area contributed by atoms with Crippen molar-refractivity contribution in [2.45, 2.75) is 32.1 Å². The van der Waals surface area contributed by atoms with Crippen molar-refractivity contribution < 1.29 is 22.1 Å². The Labute approximate surface area is 133 Å². The van der Waals surface area contributed by atoms with Gasteiger partial charge in [-0.3, -0.25) is 4.18 Å². The molecule has 1 unspecified atom stereocenters. The molecule has 22 heavy (non-hydrogen) atoms. The van der Waals surface area contributed by atoms with Crippen LogP contribution in [0.5, 0.6) is 0 Å². The number of hydrogen-bond donors (Lipinski definition) is 0. The van der Waals surface area contributed by atoms with Crippen LogP contribution in [0, 0.1) is 12.8 Å². The van der Waals surface area contributed by atoms with Crippen LogP contribution in [-0.4, -0.2) is 41.5 Å². The fraction of sp³-hybridized carbons (Fsp3) is 0.625. The van der Waals surface area contributed by atoms with Gasteiger partial charge in [0.1, 0.15) is 0 Å². The summed E-state index contributed by atoms with van der Waals surface area (Å²) in [5.74, 6) is 0.544. The lowest BCUT2D eigenvalue weighted by Gasteiger charge is -2.10. The van der Waals surface area contributed by atoms with E-state index in [4.69, 9.17) is 13.7 Å². The average molecular weight is 330 g/mol. The van der Waals surface area contributed by atoms with Gasteiger partial charge in [0.25, 0.3) is 10.1 Å². The Hall–Kier alpha value is -0.950. The number of rotatable bonds is 11. The Morgan fingerprint density at radius 2 is 1.59 bits per heavy atom. The van der Waals surface area contributed by atoms with Gasteiger partial charge in [-0.05, 0) is 25.0 Å². The van der Waals surface area contributed by atoms with Crippen molar-refractivity contribution in [2.24, 2.45) is 5.92 Å². The summed E-state index contributed by atoms with van der Waals surface area (Å²) in [6.45, 7) is 8.03. The summed E-state index contributed by atoms with van der Waals surface area (Å²) in [4.78, 5) is 0.162. The van der Waals surface area contributed by atoms with E-state index in [0.717, 1.165) is 18.6 Å².